The monoisotopic (exact) mass is 231 g/mol. The Morgan fingerprint density at radius 2 is 1.94 bits per heavy atom. The standard InChI is InChI=1S/C14H17NO2/c1-5-17-14(16)12-11(4)8-15-7-9(2)6-10(3)13(12)15/h6-8H,5H2,1-4H3. The van der Waals surface area contributed by atoms with Crippen molar-refractivity contribution in [1.29, 1.82) is 0 Å². The fourth-order valence-corrected chi connectivity index (χ4v) is 2.28. The summed E-state index contributed by atoms with van der Waals surface area (Å²) in [5, 5.41) is 0. The molecule has 0 spiro atoms. The van der Waals surface area contributed by atoms with Crippen molar-refractivity contribution in [3.8, 4) is 0 Å². The smallest absolute Gasteiger partial charge is 0.340 e. The van der Waals surface area contributed by atoms with E-state index in [9.17, 15) is 4.79 Å². The zero-order valence-electron chi connectivity index (χ0n) is 10.7. The molecule has 0 unspecified atom stereocenters. The van der Waals surface area contributed by atoms with Gasteiger partial charge in [0.1, 0.15) is 0 Å². The van der Waals surface area contributed by atoms with Crippen LogP contribution in [0.2, 0.25) is 0 Å². The van der Waals surface area contributed by atoms with Gasteiger partial charge in [-0.3, -0.25) is 0 Å². The summed E-state index contributed by atoms with van der Waals surface area (Å²) in [4.78, 5) is 11.9. The maximum absolute atomic E-state index is 11.9. The fraction of sp³-hybridized carbons (Fsp3) is 0.357. The van der Waals surface area contributed by atoms with Crippen molar-refractivity contribution in [3.05, 3.63) is 40.7 Å². The Morgan fingerprint density at radius 3 is 2.59 bits per heavy atom. The molecule has 0 saturated carbocycles. The van der Waals surface area contributed by atoms with Gasteiger partial charge in [0.2, 0.25) is 0 Å². The maximum Gasteiger partial charge on any atom is 0.340 e. The number of rotatable bonds is 2. The number of pyridine rings is 1. The number of ether oxygens (including phenoxy) is 1. The van der Waals surface area contributed by atoms with E-state index in [4.69, 9.17) is 4.74 Å². The van der Waals surface area contributed by atoms with E-state index < -0.39 is 0 Å². The van der Waals surface area contributed by atoms with Gasteiger partial charge in [0.05, 0.1) is 17.7 Å². The second-order valence-corrected chi connectivity index (χ2v) is 4.36. The van der Waals surface area contributed by atoms with Gasteiger partial charge in [-0.25, -0.2) is 4.79 Å². The summed E-state index contributed by atoms with van der Waals surface area (Å²) in [5.41, 5.74) is 4.87. The molecule has 0 radical (unpaired) electrons. The zero-order valence-corrected chi connectivity index (χ0v) is 10.7. The number of carbonyl (C=O) groups is 1. The molecule has 0 atom stereocenters. The van der Waals surface area contributed by atoms with Gasteiger partial charge in [-0.15, -0.1) is 0 Å². The minimum Gasteiger partial charge on any atom is -0.462 e. The topological polar surface area (TPSA) is 30.7 Å². The summed E-state index contributed by atoms with van der Waals surface area (Å²) in [6, 6.07) is 2.08. The van der Waals surface area contributed by atoms with Gasteiger partial charge in [-0.2, -0.15) is 0 Å². The molecule has 2 aromatic heterocycles. The molecule has 0 aromatic carbocycles. The van der Waals surface area contributed by atoms with Crippen LogP contribution in [0.25, 0.3) is 5.52 Å². The van der Waals surface area contributed by atoms with E-state index in [1.54, 1.807) is 0 Å². The Balaban J connectivity index is 2.71. The molecule has 0 fully saturated rings. The van der Waals surface area contributed by atoms with Crippen LogP contribution in [0.15, 0.2) is 18.5 Å². The number of hydrogen-bond donors (Lipinski definition) is 0. The predicted octanol–water partition coefficient (Wildman–Crippen LogP) is 3.04. The summed E-state index contributed by atoms with van der Waals surface area (Å²) in [6.45, 7) is 8.23. The minimum atomic E-state index is -0.237. The molecule has 0 amide bonds. The number of aromatic nitrogens is 1. The minimum absolute atomic E-state index is 0.237. The maximum atomic E-state index is 11.9. The van der Waals surface area contributed by atoms with Crippen molar-refractivity contribution in [1.82, 2.24) is 4.40 Å². The van der Waals surface area contributed by atoms with Crippen LogP contribution in [0.1, 0.15) is 34.0 Å². The van der Waals surface area contributed by atoms with Crippen LogP contribution < -0.4 is 0 Å². The van der Waals surface area contributed by atoms with Gasteiger partial charge < -0.3 is 9.14 Å². The van der Waals surface area contributed by atoms with E-state index in [1.165, 1.54) is 5.56 Å². The molecule has 0 N–H and O–H groups in total. The highest BCUT2D eigenvalue weighted by molar-refractivity contribution is 5.99. The first-order valence-corrected chi connectivity index (χ1v) is 5.80. The summed E-state index contributed by atoms with van der Waals surface area (Å²) in [7, 11) is 0. The van der Waals surface area contributed by atoms with E-state index >= 15 is 0 Å². The highest BCUT2D eigenvalue weighted by Crippen LogP contribution is 2.23. The summed E-state index contributed by atoms with van der Waals surface area (Å²) in [5.74, 6) is -0.237. The molecular weight excluding hydrogens is 214 g/mol. The Kier molecular flexibility index (Phi) is 2.92. The molecule has 0 aliphatic rings. The molecular formula is C14H17NO2. The van der Waals surface area contributed by atoms with Crippen molar-refractivity contribution in [2.24, 2.45) is 0 Å². The molecule has 3 heteroatoms. The van der Waals surface area contributed by atoms with Crippen molar-refractivity contribution in [3.63, 3.8) is 0 Å². The lowest BCUT2D eigenvalue weighted by atomic mass is 10.1. The predicted molar refractivity (Wildman–Crippen MR) is 67.6 cm³/mol. The molecule has 17 heavy (non-hydrogen) atoms. The molecule has 2 aromatic rings. The SMILES string of the molecule is CCOC(=O)c1c(C)cn2cc(C)cc(C)c12. The van der Waals surface area contributed by atoms with E-state index in [0.29, 0.717) is 12.2 Å². The van der Waals surface area contributed by atoms with Crippen molar-refractivity contribution in [2.45, 2.75) is 27.7 Å². The molecule has 0 aliphatic heterocycles. The van der Waals surface area contributed by atoms with Gasteiger partial charge in [0, 0.05) is 12.4 Å². The number of aryl methyl sites for hydroxylation is 3. The van der Waals surface area contributed by atoms with E-state index in [2.05, 4.69) is 6.07 Å². The molecule has 0 bridgehead atoms. The van der Waals surface area contributed by atoms with Crippen LogP contribution in [0.4, 0.5) is 0 Å². The fourth-order valence-electron chi connectivity index (χ4n) is 2.28. The van der Waals surface area contributed by atoms with Gasteiger partial charge in [0.25, 0.3) is 0 Å². The molecule has 3 nitrogen and oxygen atoms in total. The third kappa shape index (κ3) is 1.93. The number of nitrogens with zero attached hydrogens (tertiary/aromatic N) is 1. The molecule has 2 rings (SSSR count). The number of esters is 1. The third-order valence-electron chi connectivity index (χ3n) is 2.86. The van der Waals surface area contributed by atoms with Crippen LogP contribution in [0.3, 0.4) is 0 Å². The quantitative estimate of drug-likeness (QED) is 0.744. The summed E-state index contributed by atoms with van der Waals surface area (Å²) < 4.78 is 7.11. The largest absolute Gasteiger partial charge is 0.462 e. The van der Waals surface area contributed by atoms with Crippen molar-refractivity contribution < 1.29 is 9.53 Å². The average Bonchev–Trinajstić information content (AvgIpc) is 2.54. The van der Waals surface area contributed by atoms with Crippen molar-refractivity contribution in [2.75, 3.05) is 6.61 Å². The first-order chi connectivity index (χ1) is 8.04. The van der Waals surface area contributed by atoms with Gasteiger partial charge in [-0.1, -0.05) is 6.07 Å². The number of carbonyl (C=O) groups excluding carboxylic acids is 1. The Labute approximate surface area is 101 Å². The lowest BCUT2D eigenvalue weighted by molar-refractivity contribution is 0.0528. The van der Waals surface area contributed by atoms with Gasteiger partial charge in [-0.05, 0) is 44.4 Å². The highest BCUT2D eigenvalue weighted by atomic mass is 16.5. The van der Waals surface area contributed by atoms with Gasteiger partial charge in [0.15, 0.2) is 0 Å². The molecule has 90 valence electrons. The Morgan fingerprint density at radius 1 is 1.24 bits per heavy atom. The first-order valence-electron chi connectivity index (χ1n) is 5.80. The number of hydrogen-bond acceptors (Lipinski definition) is 2. The number of fused-ring (bicyclic) bond motifs is 1. The Bertz CT molecular complexity index is 581. The van der Waals surface area contributed by atoms with E-state index in [1.807, 2.05) is 44.5 Å². The van der Waals surface area contributed by atoms with Crippen LogP contribution >= 0.6 is 0 Å². The molecule has 0 saturated heterocycles. The van der Waals surface area contributed by atoms with Gasteiger partial charge >= 0.3 is 5.97 Å². The second kappa shape index (κ2) is 4.24. The van der Waals surface area contributed by atoms with Crippen LogP contribution in [-0.2, 0) is 4.74 Å². The van der Waals surface area contributed by atoms with Crippen LogP contribution in [0.5, 0.6) is 0 Å². The van der Waals surface area contributed by atoms with E-state index in [-0.39, 0.29) is 5.97 Å². The first kappa shape index (κ1) is 11.7. The average molecular weight is 231 g/mol. The lowest BCUT2D eigenvalue weighted by Gasteiger charge is -2.05. The van der Waals surface area contributed by atoms with E-state index in [0.717, 1.165) is 16.6 Å². The normalized spacial score (nSPS) is 10.8. The highest BCUT2D eigenvalue weighted by Gasteiger charge is 2.18. The lowest BCUT2D eigenvalue weighted by Crippen LogP contribution is -2.06. The second-order valence-electron chi connectivity index (χ2n) is 4.36. The van der Waals surface area contributed by atoms with Crippen molar-refractivity contribution >= 4 is 11.5 Å². The summed E-state index contributed by atoms with van der Waals surface area (Å²) in [6.07, 6.45) is 4.00. The Hall–Kier alpha value is -1.77. The zero-order chi connectivity index (χ0) is 12.6. The molecule has 0 aliphatic carbocycles. The van der Waals surface area contributed by atoms with Crippen LogP contribution in [-0.4, -0.2) is 17.0 Å². The third-order valence-corrected chi connectivity index (χ3v) is 2.86. The van der Waals surface area contributed by atoms with Crippen LogP contribution in [0, 0.1) is 20.8 Å². The molecule has 2 heterocycles. The summed E-state index contributed by atoms with van der Waals surface area (Å²) >= 11 is 0.